The van der Waals surface area contributed by atoms with Crippen LogP contribution in [-0.2, 0) is 24.2 Å². The van der Waals surface area contributed by atoms with Crippen LogP contribution in [0.3, 0.4) is 0 Å². The van der Waals surface area contributed by atoms with E-state index in [9.17, 15) is 5.11 Å². The molecule has 0 saturated carbocycles. The van der Waals surface area contributed by atoms with Gasteiger partial charge in [0.2, 0.25) is 0 Å². The third-order valence-electron chi connectivity index (χ3n) is 6.12. The molecule has 1 fully saturated rings. The van der Waals surface area contributed by atoms with Crippen LogP contribution in [0.25, 0.3) is 0 Å². The van der Waals surface area contributed by atoms with Gasteiger partial charge in [-0.1, -0.05) is 36.4 Å². The standard InChI is InChI=1S/C25H34N2O3/c28-24(18-27-11-8-22-5-1-2-6-23(22)17-27)19-30-25-7-3-4-21(14-25)16-26-15-20-9-12-29-13-10-20/h1-7,14,20,24,26,28H,8-13,15-19H2. The van der Waals surface area contributed by atoms with E-state index in [-0.39, 0.29) is 0 Å². The highest BCUT2D eigenvalue weighted by Crippen LogP contribution is 2.19. The largest absolute Gasteiger partial charge is 0.491 e. The van der Waals surface area contributed by atoms with Gasteiger partial charge in [-0.05, 0) is 60.5 Å². The van der Waals surface area contributed by atoms with Crippen LogP contribution >= 0.6 is 0 Å². The lowest BCUT2D eigenvalue weighted by molar-refractivity contribution is 0.0637. The van der Waals surface area contributed by atoms with Gasteiger partial charge in [-0.15, -0.1) is 0 Å². The molecule has 0 aliphatic carbocycles. The molecule has 2 N–H and O–H groups in total. The molecule has 5 heteroatoms. The lowest BCUT2D eigenvalue weighted by Gasteiger charge is -2.30. The van der Waals surface area contributed by atoms with Gasteiger partial charge in [-0.25, -0.2) is 0 Å². The molecular weight excluding hydrogens is 376 g/mol. The van der Waals surface area contributed by atoms with E-state index >= 15 is 0 Å². The van der Waals surface area contributed by atoms with Crippen LogP contribution in [0, 0.1) is 5.92 Å². The molecular formula is C25H34N2O3. The molecule has 2 heterocycles. The Morgan fingerprint density at radius 3 is 2.80 bits per heavy atom. The van der Waals surface area contributed by atoms with Gasteiger partial charge in [-0.2, -0.15) is 0 Å². The fourth-order valence-electron chi connectivity index (χ4n) is 4.37. The summed E-state index contributed by atoms with van der Waals surface area (Å²) < 4.78 is 11.3. The van der Waals surface area contributed by atoms with Crippen molar-refractivity contribution in [2.45, 2.75) is 38.5 Å². The Morgan fingerprint density at radius 2 is 1.93 bits per heavy atom. The number of nitrogens with one attached hydrogen (secondary N) is 1. The van der Waals surface area contributed by atoms with Gasteiger partial charge in [0, 0.05) is 39.4 Å². The molecule has 0 aromatic heterocycles. The zero-order chi connectivity index (χ0) is 20.6. The minimum Gasteiger partial charge on any atom is -0.491 e. The minimum atomic E-state index is -0.495. The third-order valence-corrected chi connectivity index (χ3v) is 6.12. The second-order valence-corrected chi connectivity index (χ2v) is 8.55. The van der Waals surface area contributed by atoms with Crippen molar-refractivity contribution in [2.75, 3.05) is 39.5 Å². The van der Waals surface area contributed by atoms with Gasteiger partial charge in [0.25, 0.3) is 0 Å². The second kappa shape index (κ2) is 10.9. The normalized spacial score (nSPS) is 18.7. The van der Waals surface area contributed by atoms with Crippen molar-refractivity contribution >= 4 is 0 Å². The molecule has 1 saturated heterocycles. The summed E-state index contributed by atoms with van der Waals surface area (Å²) in [5, 5.41) is 14.0. The van der Waals surface area contributed by atoms with Gasteiger partial charge in [-0.3, -0.25) is 4.90 Å². The van der Waals surface area contributed by atoms with E-state index in [1.54, 1.807) is 0 Å². The maximum absolute atomic E-state index is 10.5. The van der Waals surface area contributed by atoms with Crippen molar-refractivity contribution in [1.29, 1.82) is 0 Å². The van der Waals surface area contributed by atoms with E-state index in [1.165, 1.54) is 16.7 Å². The first kappa shape index (κ1) is 21.3. The first-order chi connectivity index (χ1) is 14.8. The summed E-state index contributed by atoms with van der Waals surface area (Å²) in [5.41, 5.74) is 4.02. The number of β-amino-alcohol motifs (C(OH)–C–C–N with tert-alkyl or cyclic N) is 1. The van der Waals surface area contributed by atoms with Gasteiger partial charge in [0.1, 0.15) is 18.5 Å². The number of benzene rings is 2. The average Bonchev–Trinajstić information content (AvgIpc) is 2.79. The van der Waals surface area contributed by atoms with E-state index in [4.69, 9.17) is 9.47 Å². The number of aliphatic hydroxyl groups excluding tert-OH is 1. The van der Waals surface area contributed by atoms with Crippen LogP contribution in [0.2, 0.25) is 0 Å². The monoisotopic (exact) mass is 410 g/mol. The Kier molecular flexibility index (Phi) is 7.76. The van der Waals surface area contributed by atoms with Gasteiger partial charge in [0.15, 0.2) is 0 Å². The zero-order valence-corrected chi connectivity index (χ0v) is 17.8. The molecule has 2 aliphatic heterocycles. The fraction of sp³-hybridized carbons (Fsp3) is 0.520. The quantitative estimate of drug-likeness (QED) is 0.666. The van der Waals surface area contributed by atoms with Gasteiger partial charge in [0.05, 0.1) is 0 Å². The van der Waals surface area contributed by atoms with Gasteiger partial charge >= 0.3 is 0 Å². The van der Waals surface area contributed by atoms with E-state index < -0.39 is 6.10 Å². The summed E-state index contributed by atoms with van der Waals surface area (Å²) in [6, 6.07) is 16.8. The van der Waals surface area contributed by atoms with E-state index in [1.807, 2.05) is 12.1 Å². The molecule has 2 aliphatic rings. The lowest BCUT2D eigenvalue weighted by atomic mass is 10.00. The second-order valence-electron chi connectivity index (χ2n) is 8.55. The molecule has 2 aromatic carbocycles. The molecule has 2 aromatic rings. The van der Waals surface area contributed by atoms with Crippen LogP contribution < -0.4 is 10.1 Å². The Morgan fingerprint density at radius 1 is 1.10 bits per heavy atom. The summed E-state index contributed by atoms with van der Waals surface area (Å²) in [6.45, 7) is 6.50. The topological polar surface area (TPSA) is 54.0 Å². The Balaban J connectivity index is 1.18. The molecule has 0 amide bonds. The minimum absolute atomic E-state index is 0.317. The molecule has 1 unspecified atom stereocenters. The Bertz CT molecular complexity index is 791. The molecule has 5 nitrogen and oxygen atoms in total. The molecule has 0 spiro atoms. The summed E-state index contributed by atoms with van der Waals surface area (Å²) >= 11 is 0. The van der Waals surface area contributed by atoms with Crippen LogP contribution in [0.4, 0.5) is 0 Å². The summed E-state index contributed by atoms with van der Waals surface area (Å²) in [4.78, 5) is 2.31. The number of ether oxygens (including phenoxy) is 2. The van der Waals surface area contributed by atoms with Crippen molar-refractivity contribution in [1.82, 2.24) is 10.2 Å². The smallest absolute Gasteiger partial charge is 0.119 e. The van der Waals surface area contributed by atoms with Gasteiger partial charge < -0.3 is 19.9 Å². The predicted molar refractivity (Wildman–Crippen MR) is 119 cm³/mol. The molecule has 1 atom stereocenters. The van der Waals surface area contributed by atoms with Crippen LogP contribution in [0.1, 0.15) is 29.5 Å². The van der Waals surface area contributed by atoms with Crippen molar-refractivity contribution in [3.63, 3.8) is 0 Å². The first-order valence-electron chi connectivity index (χ1n) is 11.2. The van der Waals surface area contributed by atoms with E-state index in [0.29, 0.717) is 13.2 Å². The number of hydrogen-bond donors (Lipinski definition) is 2. The maximum Gasteiger partial charge on any atom is 0.119 e. The lowest BCUT2D eigenvalue weighted by Crippen LogP contribution is -2.38. The number of fused-ring (bicyclic) bond motifs is 1. The predicted octanol–water partition coefficient (Wildman–Crippen LogP) is 3.00. The highest BCUT2D eigenvalue weighted by Gasteiger charge is 2.19. The molecule has 4 rings (SSSR count). The van der Waals surface area contributed by atoms with Crippen LogP contribution in [0.15, 0.2) is 48.5 Å². The molecule has 0 radical (unpaired) electrons. The SMILES string of the molecule is OC(COc1cccc(CNCC2CCOCC2)c1)CN1CCc2ccccc2C1. The highest BCUT2D eigenvalue weighted by atomic mass is 16.5. The summed E-state index contributed by atoms with van der Waals surface area (Å²) in [5.74, 6) is 1.54. The van der Waals surface area contributed by atoms with Crippen molar-refractivity contribution in [3.8, 4) is 5.75 Å². The number of rotatable bonds is 9. The highest BCUT2D eigenvalue weighted by molar-refractivity contribution is 5.29. The fourth-order valence-corrected chi connectivity index (χ4v) is 4.37. The Labute approximate surface area is 180 Å². The average molecular weight is 411 g/mol. The van der Waals surface area contributed by atoms with E-state index in [0.717, 1.165) is 70.3 Å². The Hall–Kier alpha value is -1.92. The van der Waals surface area contributed by atoms with Crippen LogP contribution in [-0.4, -0.2) is 55.6 Å². The maximum atomic E-state index is 10.5. The van der Waals surface area contributed by atoms with Crippen molar-refractivity contribution in [2.24, 2.45) is 5.92 Å². The molecule has 30 heavy (non-hydrogen) atoms. The zero-order valence-electron chi connectivity index (χ0n) is 17.8. The first-order valence-corrected chi connectivity index (χ1v) is 11.2. The number of aliphatic hydroxyl groups is 1. The summed E-state index contributed by atoms with van der Waals surface area (Å²) in [6.07, 6.45) is 2.85. The number of hydrogen-bond acceptors (Lipinski definition) is 5. The van der Waals surface area contributed by atoms with E-state index in [2.05, 4.69) is 46.6 Å². The summed E-state index contributed by atoms with van der Waals surface area (Å²) in [7, 11) is 0. The number of nitrogens with zero attached hydrogens (tertiary/aromatic N) is 1. The van der Waals surface area contributed by atoms with Crippen LogP contribution in [0.5, 0.6) is 5.75 Å². The molecule has 162 valence electrons. The van der Waals surface area contributed by atoms with Crippen molar-refractivity contribution in [3.05, 3.63) is 65.2 Å². The van der Waals surface area contributed by atoms with Crippen molar-refractivity contribution < 1.29 is 14.6 Å². The molecule has 0 bridgehead atoms. The third kappa shape index (κ3) is 6.29.